The van der Waals surface area contributed by atoms with E-state index < -0.39 is 0 Å². The first-order chi connectivity index (χ1) is 7.27. The first kappa shape index (κ1) is 12.5. The van der Waals surface area contributed by atoms with Gasteiger partial charge >= 0.3 is 0 Å². The van der Waals surface area contributed by atoms with Gasteiger partial charge in [0, 0.05) is 24.7 Å². The van der Waals surface area contributed by atoms with E-state index in [1.165, 1.54) is 5.56 Å². The summed E-state index contributed by atoms with van der Waals surface area (Å²) in [7, 11) is 0. The Morgan fingerprint density at radius 2 is 1.87 bits per heavy atom. The fraction of sp³-hybridized carbons (Fsp3) is 0.500. The van der Waals surface area contributed by atoms with Crippen LogP contribution in [-0.2, 0) is 6.42 Å². The van der Waals surface area contributed by atoms with Gasteiger partial charge in [-0.15, -0.1) is 0 Å². The van der Waals surface area contributed by atoms with Crippen LogP contribution in [0.1, 0.15) is 19.4 Å². The molecule has 0 saturated carbocycles. The third-order valence-corrected chi connectivity index (χ3v) is 2.82. The Kier molecular flexibility index (Phi) is 5.69. The highest BCUT2D eigenvalue weighted by Gasteiger charge is 2.00. The fourth-order valence-electron chi connectivity index (χ4n) is 1.50. The number of hydrogen-bond acceptors (Lipinski definition) is 2. The number of nitrogens with one attached hydrogen (secondary N) is 1. The molecular weight excluding hydrogens is 208 g/mol. The maximum atomic E-state index is 6.07. The quantitative estimate of drug-likeness (QED) is 0.751. The summed E-state index contributed by atoms with van der Waals surface area (Å²) in [5, 5.41) is 3.05. The van der Waals surface area contributed by atoms with Crippen molar-refractivity contribution >= 4 is 11.6 Å². The molecule has 0 aliphatic carbocycles. The van der Waals surface area contributed by atoms with E-state index in [0.29, 0.717) is 0 Å². The van der Waals surface area contributed by atoms with E-state index in [9.17, 15) is 0 Å². The normalized spacial score (nSPS) is 10.9. The molecule has 1 rings (SSSR count). The van der Waals surface area contributed by atoms with Gasteiger partial charge in [-0.3, -0.25) is 5.43 Å². The second-order valence-corrected chi connectivity index (χ2v) is 3.83. The van der Waals surface area contributed by atoms with Crippen LogP contribution in [0.2, 0.25) is 5.02 Å². The van der Waals surface area contributed by atoms with Gasteiger partial charge < -0.3 is 0 Å². The predicted octanol–water partition coefficient (Wildman–Crippen LogP) is 2.73. The summed E-state index contributed by atoms with van der Waals surface area (Å²) in [6, 6.07) is 8.00. The standard InChI is InChI=1S/C12H19ClN2/c1-3-15(4-2)14-10-9-11-7-5-6-8-12(11)13/h5-8,14H,3-4,9-10H2,1-2H3. The minimum atomic E-state index is 0.860. The van der Waals surface area contributed by atoms with E-state index >= 15 is 0 Å². The number of halogens is 1. The number of benzene rings is 1. The molecule has 0 atom stereocenters. The van der Waals surface area contributed by atoms with E-state index in [4.69, 9.17) is 11.6 Å². The lowest BCUT2D eigenvalue weighted by atomic mass is 10.1. The second-order valence-electron chi connectivity index (χ2n) is 3.42. The van der Waals surface area contributed by atoms with E-state index in [1.54, 1.807) is 0 Å². The minimum absolute atomic E-state index is 0.860. The molecule has 0 unspecified atom stereocenters. The smallest absolute Gasteiger partial charge is 0.0438 e. The van der Waals surface area contributed by atoms with Crippen LogP contribution in [0.5, 0.6) is 0 Å². The van der Waals surface area contributed by atoms with E-state index in [0.717, 1.165) is 31.1 Å². The van der Waals surface area contributed by atoms with Gasteiger partial charge in [-0.1, -0.05) is 43.6 Å². The van der Waals surface area contributed by atoms with Gasteiger partial charge in [0.2, 0.25) is 0 Å². The number of hydrazine groups is 1. The van der Waals surface area contributed by atoms with Crippen molar-refractivity contribution in [2.45, 2.75) is 20.3 Å². The highest BCUT2D eigenvalue weighted by Crippen LogP contribution is 2.14. The molecule has 1 aromatic rings. The van der Waals surface area contributed by atoms with Crippen molar-refractivity contribution in [3.63, 3.8) is 0 Å². The van der Waals surface area contributed by atoms with Crippen molar-refractivity contribution in [1.29, 1.82) is 0 Å². The van der Waals surface area contributed by atoms with E-state index in [1.807, 2.05) is 18.2 Å². The van der Waals surface area contributed by atoms with E-state index in [-0.39, 0.29) is 0 Å². The predicted molar refractivity (Wildman–Crippen MR) is 66.1 cm³/mol. The molecule has 3 heteroatoms. The Morgan fingerprint density at radius 3 is 2.47 bits per heavy atom. The molecule has 0 amide bonds. The molecule has 0 bridgehead atoms. The largest absolute Gasteiger partial charge is 0.255 e. The molecule has 1 N–H and O–H groups in total. The maximum Gasteiger partial charge on any atom is 0.0438 e. The summed E-state index contributed by atoms with van der Waals surface area (Å²) < 4.78 is 0. The maximum absolute atomic E-state index is 6.07. The van der Waals surface area contributed by atoms with Gasteiger partial charge in [0.1, 0.15) is 0 Å². The molecule has 0 spiro atoms. The molecule has 0 saturated heterocycles. The molecule has 1 aromatic carbocycles. The van der Waals surface area contributed by atoms with Gasteiger partial charge in [-0.2, -0.15) is 0 Å². The molecule has 0 aliphatic heterocycles. The highest BCUT2D eigenvalue weighted by molar-refractivity contribution is 6.31. The highest BCUT2D eigenvalue weighted by atomic mass is 35.5. The monoisotopic (exact) mass is 226 g/mol. The van der Waals surface area contributed by atoms with Crippen molar-refractivity contribution in [3.8, 4) is 0 Å². The van der Waals surface area contributed by atoms with Crippen molar-refractivity contribution in [2.24, 2.45) is 0 Å². The van der Waals surface area contributed by atoms with Crippen LogP contribution in [0, 0.1) is 0 Å². The average Bonchev–Trinajstić information content (AvgIpc) is 2.27. The third-order valence-electron chi connectivity index (χ3n) is 2.45. The molecule has 0 heterocycles. The SMILES string of the molecule is CCN(CC)NCCc1ccccc1Cl. The van der Waals surface area contributed by atoms with Crippen LogP contribution in [-0.4, -0.2) is 24.6 Å². The van der Waals surface area contributed by atoms with Crippen LogP contribution in [0.3, 0.4) is 0 Å². The first-order valence-electron chi connectivity index (χ1n) is 5.49. The van der Waals surface area contributed by atoms with Crippen LogP contribution in [0.15, 0.2) is 24.3 Å². The molecule has 84 valence electrons. The molecule has 15 heavy (non-hydrogen) atoms. The zero-order valence-corrected chi connectivity index (χ0v) is 10.2. The average molecular weight is 227 g/mol. The van der Waals surface area contributed by atoms with Crippen LogP contribution < -0.4 is 5.43 Å². The van der Waals surface area contributed by atoms with Gasteiger partial charge in [0.15, 0.2) is 0 Å². The molecule has 0 aliphatic rings. The third kappa shape index (κ3) is 4.20. The zero-order chi connectivity index (χ0) is 11.1. The van der Waals surface area contributed by atoms with Crippen LogP contribution in [0.25, 0.3) is 0 Å². The van der Waals surface area contributed by atoms with Gasteiger partial charge in [0.25, 0.3) is 0 Å². The first-order valence-corrected chi connectivity index (χ1v) is 5.87. The van der Waals surface area contributed by atoms with Gasteiger partial charge in [-0.05, 0) is 18.1 Å². The number of hydrogen-bond donors (Lipinski definition) is 1. The lowest BCUT2D eigenvalue weighted by Gasteiger charge is -2.19. The molecule has 2 nitrogen and oxygen atoms in total. The summed E-state index contributed by atoms with van der Waals surface area (Å²) >= 11 is 6.07. The van der Waals surface area contributed by atoms with Crippen LogP contribution in [0.4, 0.5) is 0 Å². The molecule has 0 fully saturated rings. The van der Waals surface area contributed by atoms with Gasteiger partial charge in [-0.25, -0.2) is 5.01 Å². The Bertz CT molecular complexity index is 285. The Morgan fingerprint density at radius 1 is 1.20 bits per heavy atom. The fourth-order valence-corrected chi connectivity index (χ4v) is 1.73. The van der Waals surface area contributed by atoms with Crippen molar-refractivity contribution in [2.75, 3.05) is 19.6 Å². The number of rotatable bonds is 6. The summed E-state index contributed by atoms with van der Waals surface area (Å²) in [6.07, 6.45) is 0.968. The Labute approximate surface area is 97.2 Å². The lowest BCUT2D eigenvalue weighted by molar-refractivity contribution is 0.210. The molecule has 0 aromatic heterocycles. The summed E-state index contributed by atoms with van der Waals surface area (Å²) in [5.74, 6) is 0. The van der Waals surface area contributed by atoms with Crippen molar-refractivity contribution in [3.05, 3.63) is 34.9 Å². The summed E-state index contributed by atoms with van der Waals surface area (Å²) in [6.45, 7) is 7.28. The zero-order valence-electron chi connectivity index (χ0n) is 9.46. The topological polar surface area (TPSA) is 15.3 Å². The van der Waals surface area contributed by atoms with E-state index in [2.05, 4.69) is 30.3 Å². The second kappa shape index (κ2) is 6.83. The summed E-state index contributed by atoms with van der Waals surface area (Å²) in [4.78, 5) is 0. The summed E-state index contributed by atoms with van der Waals surface area (Å²) in [5.41, 5.74) is 4.58. The van der Waals surface area contributed by atoms with Gasteiger partial charge in [0.05, 0.1) is 0 Å². The Balaban J connectivity index is 2.34. The number of nitrogens with zero attached hydrogens (tertiary/aromatic N) is 1. The van der Waals surface area contributed by atoms with Crippen LogP contribution >= 0.6 is 11.6 Å². The minimum Gasteiger partial charge on any atom is -0.255 e. The lowest BCUT2D eigenvalue weighted by Crippen LogP contribution is -2.38. The van der Waals surface area contributed by atoms with Crippen molar-refractivity contribution < 1.29 is 0 Å². The Hall–Kier alpha value is -0.570. The van der Waals surface area contributed by atoms with Crippen molar-refractivity contribution in [1.82, 2.24) is 10.4 Å². The molecule has 0 radical (unpaired) electrons. The molecular formula is C12H19ClN2.